The van der Waals surface area contributed by atoms with Crippen molar-refractivity contribution >= 4 is 28.6 Å². The third kappa shape index (κ3) is 4.93. The SMILES string of the molecule is COc1ccccc1-n1c(SCC(=O)NC2CCCCCC2)nc2ccccc2c1=O. The van der Waals surface area contributed by atoms with E-state index in [0.717, 1.165) is 25.7 Å². The number of amides is 1. The summed E-state index contributed by atoms with van der Waals surface area (Å²) < 4.78 is 7.03. The summed E-state index contributed by atoms with van der Waals surface area (Å²) in [5, 5.41) is 4.17. The predicted molar refractivity (Wildman–Crippen MR) is 124 cm³/mol. The van der Waals surface area contributed by atoms with Crippen LogP contribution < -0.4 is 15.6 Å². The van der Waals surface area contributed by atoms with E-state index in [1.807, 2.05) is 42.5 Å². The van der Waals surface area contributed by atoms with Crippen LogP contribution in [0.4, 0.5) is 0 Å². The first-order chi connectivity index (χ1) is 15.2. The summed E-state index contributed by atoms with van der Waals surface area (Å²) in [7, 11) is 1.57. The zero-order chi connectivity index (χ0) is 21.6. The van der Waals surface area contributed by atoms with Crippen LogP contribution in [0.5, 0.6) is 5.75 Å². The zero-order valence-electron chi connectivity index (χ0n) is 17.7. The number of hydrogen-bond donors (Lipinski definition) is 1. The van der Waals surface area contributed by atoms with Crippen molar-refractivity contribution in [2.24, 2.45) is 0 Å². The quantitative estimate of drug-likeness (QED) is 0.353. The Morgan fingerprint density at radius 1 is 1.10 bits per heavy atom. The van der Waals surface area contributed by atoms with Crippen molar-refractivity contribution in [1.82, 2.24) is 14.9 Å². The molecule has 7 heteroatoms. The summed E-state index contributed by atoms with van der Waals surface area (Å²) in [6.45, 7) is 0. The number of carbonyl (C=O) groups excluding carboxylic acids is 1. The fourth-order valence-corrected chi connectivity index (χ4v) is 4.88. The second kappa shape index (κ2) is 10.0. The molecule has 4 rings (SSSR count). The van der Waals surface area contributed by atoms with Gasteiger partial charge in [0.25, 0.3) is 5.56 Å². The third-order valence-electron chi connectivity index (χ3n) is 5.62. The van der Waals surface area contributed by atoms with Gasteiger partial charge in [0, 0.05) is 6.04 Å². The van der Waals surface area contributed by atoms with Gasteiger partial charge < -0.3 is 10.1 Å². The minimum atomic E-state index is -0.179. The average molecular weight is 438 g/mol. The van der Waals surface area contributed by atoms with Crippen molar-refractivity contribution in [2.45, 2.75) is 49.7 Å². The maximum atomic E-state index is 13.4. The monoisotopic (exact) mass is 437 g/mol. The summed E-state index contributed by atoms with van der Waals surface area (Å²) >= 11 is 1.28. The lowest BCUT2D eigenvalue weighted by Gasteiger charge is -2.17. The van der Waals surface area contributed by atoms with Gasteiger partial charge in [-0.15, -0.1) is 0 Å². The fourth-order valence-electron chi connectivity index (χ4n) is 4.06. The van der Waals surface area contributed by atoms with Gasteiger partial charge in [0.05, 0.1) is 29.5 Å². The van der Waals surface area contributed by atoms with E-state index in [4.69, 9.17) is 9.72 Å². The van der Waals surface area contributed by atoms with Gasteiger partial charge in [0.15, 0.2) is 5.16 Å². The Labute approximate surface area is 186 Å². The number of para-hydroxylation sites is 3. The van der Waals surface area contributed by atoms with E-state index in [2.05, 4.69) is 5.32 Å². The first kappa shape index (κ1) is 21.4. The largest absolute Gasteiger partial charge is 0.495 e. The maximum absolute atomic E-state index is 13.4. The summed E-state index contributed by atoms with van der Waals surface area (Å²) in [6.07, 6.45) is 6.89. The number of nitrogens with zero attached hydrogens (tertiary/aromatic N) is 2. The molecule has 1 amide bonds. The van der Waals surface area contributed by atoms with Crippen LogP contribution in [-0.4, -0.2) is 34.4 Å². The predicted octanol–water partition coefficient (Wildman–Crippen LogP) is 4.33. The van der Waals surface area contributed by atoms with Crippen LogP contribution in [0.25, 0.3) is 16.6 Å². The molecule has 1 heterocycles. The average Bonchev–Trinajstić information content (AvgIpc) is 3.06. The van der Waals surface area contributed by atoms with E-state index in [1.165, 1.54) is 24.6 Å². The Balaban J connectivity index is 1.64. The van der Waals surface area contributed by atoms with Gasteiger partial charge >= 0.3 is 0 Å². The number of ether oxygens (including phenoxy) is 1. The fraction of sp³-hybridized carbons (Fsp3) is 0.375. The van der Waals surface area contributed by atoms with Crippen LogP contribution in [-0.2, 0) is 4.79 Å². The number of benzene rings is 2. The Kier molecular flexibility index (Phi) is 6.92. The highest BCUT2D eigenvalue weighted by Gasteiger charge is 2.19. The van der Waals surface area contributed by atoms with Gasteiger partial charge in [-0.1, -0.05) is 61.7 Å². The number of fused-ring (bicyclic) bond motifs is 1. The van der Waals surface area contributed by atoms with Gasteiger partial charge in [0.2, 0.25) is 5.91 Å². The van der Waals surface area contributed by atoms with Crippen molar-refractivity contribution in [3.63, 3.8) is 0 Å². The highest BCUT2D eigenvalue weighted by Crippen LogP contribution is 2.27. The molecule has 1 aliphatic carbocycles. The Morgan fingerprint density at radius 2 is 1.81 bits per heavy atom. The van der Waals surface area contributed by atoms with E-state index in [9.17, 15) is 9.59 Å². The smallest absolute Gasteiger partial charge is 0.266 e. The summed E-state index contributed by atoms with van der Waals surface area (Å²) in [6, 6.07) is 14.9. The van der Waals surface area contributed by atoms with Crippen molar-refractivity contribution in [3.8, 4) is 11.4 Å². The molecule has 1 aromatic heterocycles. The van der Waals surface area contributed by atoms with Gasteiger partial charge in [-0.25, -0.2) is 4.98 Å². The van der Waals surface area contributed by atoms with E-state index < -0.39 is 0 Å². The van der Waals surface area contributed by atoms with Crippen molar-refractivity contribution in [2.75, 3.05) is 12.9 Å². The molecule has 1 fully saturated rings. The molecule has 0 aliphatic heterocycles. The van der Waals surface area contributed by atoms with E-state index >= 15 is 0 Å². The number of nitrogens with one attached hydrogen (secondary N) is 1. The van der Waals surface area contributed by atoms with Crippen LogP contribution in [0.1, 0.15) is 38.5 Å². The summed E-state index contributed by atoms with van der Waals surface area (Å²) in [5.41, 5.74) is 1.05. The lowest BCUT2D eigenvalue weighted by atomic mass is 10.1. The molecule has 0 spiro atoms. The minimum absolute atomic E-state index is 0.0223. The molecule has 6 nitrogen and oxygen atoms in total. The number of methoxy groups -OCH3 is 1. The molecule has 2 aromatic carbocycles. The number of rotatable bonds is 6. The van der Waals surface area contributed by atoms with Gasteiger partial charge in [-0.2, -0.15) is 0 Å². The molecule has 0 radical (unpaired) electrons. The maximum Gasteiger partial charge on any atom is 0.266 e. The molecule has 0 atom stereocenters. The molecule has 0 unspecified atom stereocenters. The van der Waals surface area contributed by atoms with Gasteiger partial charge in [0.1, 0.15) is 5.75 Å². The standard InChI is InChI=1S/C24H27N3O3S/c1-30-21-15-9-8-14-20(21)27-23(29)18-12-6-7-13-19(18)26-24(27)31-16-22(28)25-17-10-4-2-3-5-11-17/h6-9,12-15,17H,2-5,10-11,16H2,1H3,(H,25,28). The molecule has 0 saturated heterocycles. The third-order valence-corrected chi connectivity index (χ3v) is 6.56. The first-order valence-electron chi connectivity index (χ1n) is 10.7. The first-order valence-corrected chi connectivity index (χ1v) is 11.7. The van der Waals surface area contributed by atoms with Crippen LogP contribution in [0.2, 0.25) is 0 Å². The second-order valence-corrected chi connectivity index (χ2v) is 8.71. The second-order valence-electron chi connectivity index (χ2n) is 7.77. The summed E-state index contributed by atoms with van der Waals surface area (Å²) in [5.74, 6) is 0.758. The van der Waals surface area contributed by atoms with Crippen LogP contribution in [0.15, 0.2) is 58.5 Å². The van der Waals surface area contributed by atoms with Crippen molar-refractivity contribution in [1.29, 1.82) is 0 Å². The molecule has 0 bridgehead atoms. The van der Waals surface area contributed by atoms with E-state index in [1.54, 1.807) is 17.7 Å². The molecule has 1 N–H and O–H groups in total. The molecule has 1 aliphatic rings. The van der Waals surface area contributed by atoms with Crippen molar-refractivity contribution < 1.29 is 9.53 Å². The number of aromatic nitrogens is 2. The molecular formula is C24H27N3O3S. The van der Waals surface area contributed by atoms with E-state index in [-0.39, 0.29) is 23.3 Å². The zero-order valence-corrected chi connectivity index (χ0v) is 18.5. The Morgan fingerprint density at radius 3 is 2.58 bits per heavy atom. The van der Waals surface area contributed by atoms with Gasteiger partial charge in [-0.05, 0) is 37.1 Å². The number of hydrogen-bond acceptors (Lipinski definition) is 5. The van der Waals surface area contributed by atoms with Crippen molar-refractivity contribution in [3.05, 3.63) is 58.9 Å². The lowest BCUT2D eigenvalue weighted by Crippen LogP contribution is -2.35. The van der Waals surface area contributed by atoms with Crippen LogP contribution in [0.3, 0.4) is 0 Å². The number of carbonyl (C=O) groups is 1. The Bertz CT molecular complexity index is 1120. The van der Waals surface area contributed by atoms with E-state index in [0.29, 0.717) is 27.5 Å². The molecule has 3 aromatic rings. The minimum Gasteiger partial charge on any atom is -0.495 e. The normalized spacial score (nSPS) is 14.9. The Hall–Kier alpha value is -2.80. The molecular weight excluding hydrogens is 410 g/mol. The number of thioether (sulfide) groups is 1. The lowest BCUT2D eigenvalue weighted by molar-refractivity contribution is -0.119. The highest BCUT2D eigenvalue weighted by atomic mass is 32.2. The van der Waals surface area contributed by atoms with Crippen LogP contribution >= 0.6 is 11.8 Å². The molecule has 162 valence electrons. The topological polar surface area (TPSA) is 73.2 Å². The van der Waals surface area contributed by atoms with Gasteiger partial charge in [-0.3, -0.25) is 14.2 Å². The molecule has 31 heavy (non-hydrogen) atoms. The highest BCUT2D eigenvalue weighted by molar-refractivity contribution is 7.99. The van der Waals surface area contributed by atoms with Crippen LogP contribution in [0, 0.1) is 0 Å². The molecule has 1 saturated carbocycles. The summed E-state index contributed by atoms with van der Waals surface area (Å²) in [4.78, 5) is 30.7.